The van der Waals surface area contributed by atoms with Crippen LogP contribution in [0.3, 0.4) is 0 Å². The summed E-state index contributed by atoms with van der Waals surface area (Å²) >= 11 is 5.63. The van der Waals surface area contributed by atoms with Crippen molar-refractivity contribution in [3.8, 4) is 0 Å². The van der Waals surface area contributed by atoms with Gasteiger partial charge in [-0.2, -0.15) is 0 Å². The zero-order chi connectivity index (χ0) is 14.7. The van der Waals surface area contributed by atoms with Gasteiger partial charge in [0.1, 0.15) is 5.82 Å². The van der Waals surface area contributed by atoms with Crippen LogP contribution < -0.4 is 0 Å². The molecule has 0 radical (unpaired) electrons. The van der Waals surface area contributed by atoms with Gasteiger partial charge in [0.15, 0.2) is 11.6 Å². The van der Waals surface area contributed by atoms with Crippen LogP contribution in [0.1, 0.15) is 11.1 Å². The molecule has 0 fully saturated rings. The minimum atomic E-state index is -1.01. The molecule has 0 aliphatic rings. The molecule has 0 bridgehead atoms. The molecule has 106 valence electrons. The quantitative estimate of drug-likeness (QED) is 0.908. The first-order valence-corrected chi connectivity index (χ1v) is 6.40. The highest BCUT2D eigenvalue weighted by Gasteiger charge is 2.14. The Labute approximate surface area is 119 Å². The van der Waals surface area contributed by atoms with E-state index in [9.17, 15) is 18.3 Å². The Morgan fingerprint density at radius 1 is 0.950 bits per heavy atom. The first-order chi connectivity index (χ1) is 9.47. The number of rotatable bonds is 4. The maximum Gasteiger partial charge on any atom is 0.162 e. The molecule has 0 saturated carbocycles. The number of hydrogen-bond donors (Lipinski definition) is 1. The van der Waals surface area contributed by atoms with Crippen molar-refractivity contribution in [3.63, 3.8) is 0 Å². The molecule has 1 N–H and O–H groups in total. The largest absolute Gasteiger partial charge is 0.392 e. The number of benzene rings is 2. The van der Waals surface area contributed by atoms with E-state index in [1.807, 2.05) is 0 Å². The van der Waals surface area contributed by atoms with Crippen molar-refractivity contribution in [1.29, 1.82) is 0 Å². The molecule has 0 saturated heterocycles. The molecule has 2 aromatic rings. The predicted octanol–water partition coefficient (Wildman–Crippen LogP) is 3.90. The van der Waals surface area contributed by atoms with E-state index in [2.05, 4.69) is 0 Å². The average molecular weight is 301 g/mol. The standard InChI is InChI=1S/C15H12ClF3O/c16-11-5-4-9(14(18)8-11)6-12(20)7-10-2-1-3-13(17)15(10)19/h1-5,8,12,20H,6-7H2. The first-order valence-electron chi connectivity index (χ1n) is 6.02. The first kappa shape index (κ1) is 14.9. The SMILES string of the molecule is OC(Cc1ccc(Cl)cc1F)Cc1cccc(F)c1F. The van der Waals surface area contributed by atoms with E-state index < -0.39 is 23.6 Å². The molecule has 1 unspecified atom stereocenters. The highest BCUT2D eigenvalue weighted by Crippen LogP contribution is 2.18. The third-order valence-electron chi connectivity index (χ3n) is 2.96. The van der Waals surface area contributed by atoms with Gasteiger partial charge in [0.05, 0.1) is 6.10 Å². The number of aliphatic hydroxyl groups is 1. The summed E-state index contributed by atoms with van der Waals surface area (Å²) in [5.41, 5.74) is 0.339. The Morgan fingerprint density at radius 2 is 1.65 bits per heavy atom. The van der Waals surface area contributed by atoms with Gasteiger partial charge in [-0.3, -0.25) is 0 Å². The van der Waals surface area contributed by atoms with E-state index in [0.717, 1.165) is 12.1 Å². The van der Waals surface area contributed by atoms with Crippen molar-refractivity contribution in [2.45, 2.75) is 18.9 Å². The number of hydrogen-bond acceptors (Lipinski definition) is 1. The van der Waals surface area contributed by atoms with Crippen LogP contribution >= 0.6 is 11.6 Å². The Morgan fingerprint density at radius 3 is 2.35 bits per heavy atom. The summed E-state index contributed by atoms with van der Waals surface area (Å²) in [6.07, 6.45) is -1.10. The number of halogens is 4. The van der Waals surface area contributed by atoms with Gasteiger partial charge in [-0.05, 0) is 29.3 Å². The molecule has 5 heteroatoms. The highest BCUT2D eigenvalue weighted by atomic mass is 35.5. The lowest BCUT2D eigenvalue weighted by molar-refractivity contribution is 0.172. The van der Waals surface area contributed by atoms with Crippen LogP contribution in [0.15, 0.2) is 36.4 Å². The van der Waals surface area contributed by atoms with Crippen molar-refractivity contribution in [1.82, 2.24) is 0 Å². The van der Waals surface area contributed by atoms with Gasteiger partial charge in [-0.25, -0.2) is 13.2 Å². The Bertz CT molecular complexity index is 616. The Kier molecular flexibility index (Phi) is 4.68. The third-order valence-corrected chi connectivity index (χ3v) is 3.19. The van der Waals surface area contributed by atoms with Gasteiger partial charge >= 0.3 is 0 Å². The van der Waals surface area contributed by atoms with Crippen molar-refractivity contribution >= 4 is 11.6 Å². The second kappa shape index (κ2) is 6.29. The van der Waals surface area contributed by atoms with Gasteiger partial charge in [0.25, 0.3) is 0 Å². The lowest BCUT2D eigenvalue weighted by atomic mass is 10.0. The number of aliphatic hydroxyl groups excluding tert-OH is 1. The lowest BCUT2D eigenvalue weighted by Gasteiger charge is -2.12. The molecule has 1 atom stereocenters. The van der Waals surface area contributed by atoms with Crippen LogP contribution in [0.25, 0.3) is 0 Å². The van der Waals surface area contributed by atoms with E-state index in [4.69, 9.17) is 11.6 Å². The third kappa shape index (κ3) is 3.52. The maximum absolute atomic E-state index is 13.6. The second-order valence-corrected chi connectivity index (χ2v) is 4.95. The minimum absolute atomic E-state index is 0.00104. The zero-order valence-corrected chi connectivity index (χ0v) is 11.2. The van der Waals surface area contributed by atoms with Crippen LogP contribution in [0, 0.1) is 17.5 Å². The molecular weight excluding hydrogens is 289 g/mol. The molecule has 0 aliphatic heterocycles. The summed E-state index contributed by atoms with van der Waals surface area (Å²) in [5, 5.41) is 10.1. The molecule has 0 amide bonds. The summed E-state index contributed by atoms with van der Waals surface area (Å²) in [5.74, 6) is -2.48. The van der Waals surface area contributed by atoms with Crippen LogP contribution in [-0.2, 0) is 12.8 Å². The van der Waals surface area contributed by atoms with Crippen molar-refractivity contribution in [3.05, 3.63) is 70.0 Å². The van der Waals surface area contributed by atoms with E-state index in [0.29, 0.717) is 0 Å². The summed E-state index contributed by atoms with van der Waals surface area (Å²) in [7, 11) is 0. The molecule has 0 heterocycles. The molecule has 0 aromatic heterocycles. The zero-order valence-electron chi connectivity index (χ0n) is 10.4. The molecule has 2 rings (SSSR count). The fourth-order valence-corrected chi connectivity index (χ4v) is 2.13. The van der Waals surface area contributed by atoms with Crippen molar-refractivity contribution in [2.75, 3.05) is 0 Å². The molecular formula is C15H12ClF3O. The predicted molar refractivity (Wildman–Crippen MR) is 71.2 cm³/mol. The monoisotopic (exact) mass is 300 g/mol. The fraction of sp³-hybridized carbons (Fsp3) is 0.200. The fourth-order valence-electron chi connectivity index (χ4n) is 1.97. The van der Waals surface area contributed by atoms with Gasteiger partial charge < -0.3 is 5.11 Å². The lowest BCUT2D eigenvalue weighted by Crippen LogP contribution is -2.16. The summed E-state index contributed by atoms with van der Waals surface area (Å²) in [6, 6.07) is 7.87. The highest BCUT2D eigenvalue weighted by molar-refractivity contribution is 6.30. The Balaban J connectivity index is 2.09. The average Bonchev–Trinajstić information content (AvgIpc) is 2.38. The molecule has 1 nitrogen and oxygen atoms in total. The normalized spacial score (nSPS) is 12.4. The molecule has 2 aromatic carbocycles. The van der Waals surface area contributed by atoms with E-state index in [-0.39, 0.29) is 29.0 Å². The van der Waals surface area contributed by atoms with E-state index >= 15 is 0 Å². The van der Waals surface area contributed by atoms with Gasteiger partial charge in [-0.1, -0.05) is 29.8 Å². The van der Waals surface area contributed by atoms with Gasteiger partial charge in [0, 0.05) is 17.9 Å². The van der Waals surface area contributed by atoms with E-state index in [1.54, 1.807) is 0 Å². The van der Waals surface area contributed by atoms with Crippen LogP contribution in [0.4, 0.5) is 13.2 Å². The Hall–Kier alpha value is -1.52. The topological polar surface area (TPSA) is 20.2 Å². The van der Waals surface area contributed by atoms with E-state index in [1.165, 1.54) is 24.3 Å². The van der Waals surface area contributed by atoms with Crippen LogP contribution in [0.2, 0.25) is 5.02 Å². The maximum atomic E-state index is 13.6. The summed E-state index contributed by atoms with van der Waals surface area (Å²) in [4.78, 5) is 0. The van der Waals surface area contributed by atoms with Crippen LogP contribution in [-0.4, -0.2) is 11.2 Å². The van der Waals surface area contributed by atoms with Gasteiger partial charge in [-0.15, -0.1) is 0 Å². The van der Waals surface area contributed by atoms with Crippen molar-refractivity contribution < 1.29 is 18.3 Å². The molecule has 0 spiro atoms. The van der Waals surface area contributed by atoms with Crippen LogP contribution in [0.5, 0.6) is 0 Å². The second-order valence-electron chi connectivity index (χ2n) is 4.51. The smallest absolute Gasteiger partial charge is 0.162 e. The minimum Gasteiger partial charge on any atom is -0.392 e. The van der Waals surface area contributed by atoms with Crippen molar-refractivity contribution in [2.24, 2.45) is 0 Å². The summed E-state index contributed by atoms with van der Waals surface area (Å²) in [6.45, 7) is 0. The summed E-state index contributed by atoms with van der Waals surface area (Å²) < 4.78 is 40.1. The molecule has 0 aliphatic carbocycles. The molecule has 20 heavy (non-hydrogen) atoms. The van der Waals surface area contributed by atoms with Gasteiger partial charge in [0.2, 0.25) is 0 Å².